The Morgan fingerprint density at radius 2 is 1.65 bits per heavy atom. The lowest BCUT2D eigenvalue weighted by Gasteiger charge is -2.25. The van der Waals surface area contributed by atoms with Gasteiger partial charge >= 0.3 is 5.51 Å². The summed E-state index contributed by atoms with van der Waals surface area (Å²) >= 11 is 0. The van der Waals surface area contributed by atoms with Crippen LogP contribution in [0.1, 0.15) is 25.7 Å². The highest BCUT2D eigenvalue weighted by molar-refractivity contribution is 7.96. The molecule has 1 N–H and O–H groups in total. The summed E-state index contributed by atoms with van der Waals surface area (Å²) < 4.78 is 58.9. The van der Waals surface area contributed by atoms with E-state index in [1.165, 1.54) is 24.2 Å². The Bertz CT molecular complexity index is 575. The van der Waals surface area contributed by atoms with Gasteiger partial charge in [0.2, 0.25) is 0 Å². The Morgan fingerprint density at radius 3 is 2.09 bits per heavy atom. The second kappa shape index (κ2) is 8.36. The molecule has 0 saturated heterocycles. The van der Waals surface area contributed by atoms with Crippen LogP contribution in [0.5, 0.6) is 0 Å². The van der Waals surface area contributed by atoms with Gasteiger partial charge in [-0.15, -0.1) is 0 Å². The van der Waals surface area contributed by atoms with Crippen molar-refractivity contribution in [3.63, 3.8) is 0 Å². The van der Waals surface area contributed by atoms with E-state index < -0.39 is 15.6 Å². The van der Waals surface area contributed by atoms with Gasteiger partial charge in [-0.1, -0.05) is 24.6 Å². The first-order chi connectivity index (χ1) is 10.5. The second-order valence-corrected chi connectivity index (χ2v) is 8.72. The molecule has 23 heavy (non-hydrogen) atoms. The Balaban J connectivity index is 0.000000284. The van der Waals surface area contributed by atoms with E-state index in [1.807, 2.05) is 0 Å². The van der Waals surface area contributed by atoms with E-state index in [0.29, 0.717) is 5.25 Å². The molecule has 3 atom stereocenters. The summed E-state index contributed by atoms with van der Waals surface area (Å²) in [7, 11) is -5.89. The number of rotatable bonds is 2. The zero-order valence-electron chi connectivity index (χ0n) is 12.5. The van der Waals surface area contributed by atoms with Crippen molar-refractivity contribution in [1.82, 2.24) is 0 Å². The van der Waals surface area contributed by atoms with Gasteiger partial charge < -0.3 is 9.66 Å². The first-order valence-electron chi connectivity index (χ1n) is 6.94. The fourth-order valence-corrected chi connectivity index (χ4v) is 4.36. The lowest BCUT2D eigenvalue weighted by atomic mass is 9.97. The standard InChI is InChI=1S/C13H19OS.CHF3O3S/c1-15(11-7-3-2-4-8-11)13-10-6-5-9-12(13)14;2-1(3,4)8(5,6)7/h2-4,7-8,12-14H,5-6,9-10H2,1H3;(H,5,6,7)/q+1;/p-1. The third-order valence-electron chi connectivity index (χ3n) is 3.52. The van der Waals surface area contributed by atoms with Gasteiger partial charge in [0, 0.05) is 10.9 Å². The summed E-state index contributed by atoms with van der Waals surface area (Å²) in [5.74, 6) is 0. The van der Waals surface area contributed by atoms with Crippen molar-refractivity contribution in [3.8, 4) is 0 Å². The number of halogens is 3. The molecular formula is C14H19F3O4S2. The maximum Gasteiger partial charge on any atom is 0.485 e. The van der Waals surface area contributed by atoms with Crippen LogP contribution in [0.4, 0.5) is 13.2 Å². The zero-order chi connectivity index (χ0) is 17.7. The molecule has 3 unspecified atom stereocenters. The molecule has 9 heteroatoms. The number of alkyl halides is 3. The van der Waals surface area contributed by atoms with Crippen LogP contribution in [-0.2, 0) is 21.0 Å². The van der Waals surface area contributed by atoms with E-state index in [0.717, 1.165) is 6.42 Å². The Labute approximate surface area is 136 Å². The van der Waals surface area contributed by atoms with Crippen molar-refractivity contribution in [1.29, 1.82) is 0 Å². The predicted molar refractivity (Wildman–Crippen MR) is 82.0 cm³/mol. The van der Waals surface area contributed by atoms with Crippen LogP contribution in [0, 0.1) is 0 Å². The van der Waals surface area contributed by atoms with E-state index >= 15 is 0 Å². The van der Waals surface area contributed by atoms with Gasteiger partial charge in [0.1, 0.15) is 17.6 Å². The van der Waals surface area contributed by atoms with Crippen LogP contribution in [0.3, 0.4) is 0 Å². The quantitative estimate of drug-likeness (QED) is 0.492. The molecule has 2 rings (SSSR count). The predicted octanol–water partition coefficient (Wildman–Crippen LogP) is 2.65. The maximum absolute atomic E-state index is 10.7. The van der Waals surface area contributed by atoms with E-state index in [1.54, 1.807) is 0 Å². The molecule has 1 aromatic carbocycles. The Hall–Kier alpha value is -0.770. The molecular weight excluding hydrogens is 353 g/mol. The SMILES string of the molecule is C[S+](c1ccccc1)C1CCCCC1O.O=S(=O)([O-])C(F)(F)F. The fraction of sp³-hybridized carbons (Fsp3) is 0.571. The van der Waals surface area contributed by atoms with Gasteiger partial charge in [-0.05, 0) is 31.4 Å². The van der Waals surface area contributed by atoms with E-state index in [-0.39, 0.29) is 17.0 Å². The van der Waals surface area contributed by atoms with Crippen molar-refractivity contribution >= 4 is 21.0 Å². The van der Waals surface area contributed by atoms with E-state index in [9.17, 15) is 18.3 Å². The van der Waals surface area contributed by atoms with Gasteiger partial charge in [-0.25, -0.2) is 8.42 Å². The van der Waals surface area contributed by atoms with Crippen molar-refractivity contribution < 1.29 is 31.2 Å². The van der Waals surface area contributed by atoms with Crippen molar-refractivity contribution in [2.45, 2.75) is 47.4 Å². The summed E-state index contributed by atoms with van der Waals surface area (Å²) in [6.45, 7) is 0. The summed E-state index contributed by atoms with van der Waals surface area (Å²) in [5, 5.41) is 10.5. The first-order valence-corrected chi connectivity index (χ1v) is 10.0. The number of hydrogen-bond donors (Lipinski definition) is 1. The zero-order valence-corrected chi connectivity index (χ0v) is 14.1. The average molecular weight is 372 g/mol. The van der Waals surface area contributed by atoms with Crippen molar-refractivity contribution in [2.75, 3.05) is 6.26 Å². The third kappa shape index (κ3) is 6.33. The molecule has 0 aliphatic heterocycles. The highest BCUT2D eigenvalue weighted by Crippen LogP contribution is 2.29. The summed E-state index contributed by atoms with van der Waals surface area (Å²) in [4.78, 5) is 1.39. The minimum atomic E-state index is -6.09. The Kier molecular flexibility index (Phi) is 7.37. The number of aliphatic hydroxyl groups excluding tert-OH is 1. The molecule has 1 aromatic rings. The fourth-order valence-electron chi connectivity index (χ4n) is 2.30. The third-order valence-corrected chi connectivity index (χ3v) is 6.56. The smallest absolute Gasteiger partial charge is 0.485 e. The van der Waals surface area contributed by atoms with Crippen LogP contribution in [-0.4, -0.2) is 41.2 Å². The summed E-state index contributed by atoms with van der Waals surface area (Å²) in [5.41, 5.74) is -5.65. The van der Waals surface area contributed by atoms with E-state index in [2.05, 4.69) is 36.6 Å². The van der Waals surface area contributed by atoms with Crippen LogP contribution in [0.2, 0.25) is 0 Å². The van der Waals surface area contributed by atoms with Gasteiger partial charge in [0.25, 0.3) is 0 Å². The molecule has 132 valence electrons. The Morgan fingerprint density at radius 1 is 1.17 bits per heavy atom. The second-order valence-electron chi connectivity index (χ2n) is 5.16. The minimum absolute atomic E-state index is 0.0766. The summed E-state index contributed by atoms with van der Waals surface area (Å²) in [6, 6.07) is 10.6. The highest BCUT2D eigenvalue weighted by atomic mass is 32.2. The molecule has 0 amide bonds. The van der Waals surface area contributed by atoms with Crippen LogP contribution < -0.4 is 0 Å². The lowest BCUT2D eigenvalue weighted by molar-refractivity contribution is -0.0517. The minimum Gasteiger partial charge on any atom is -0.741 e. The molecule has 0 radical (unpaired) electrons. The molecule has 1 aliphatic rings. The van der Waals surface area contributed by atoms with Crippen molar-refractivity contribution in [3.05, 3.63) is 30.3 Å². The van der Waals surface area contributed by atoms with Crippen molar-refractivity contribution in [2.24, 2.45) is 0 Å². The highest BCUT2D eigenvalue weighted by Gasteiger charge is 2.37. The molecule has 0 bridgehead atoms. The molecule has 0 aromatic heterocycles. The van der Waals surface area contributed by atoms with Crippen LogP contribution in [0.25, 0.3) is 0 Å². The number of hydrogen-bond acceptors (Lipinski definition) is 4. The molecule has 1 saturated carbocycles. The van der Waals surface area contributed by atoms with Gasteiger partial charge in [-0.2, -0.15) is 13.2 Å². The van der Waals surface area contributed by atoms with Gasteiger partial charge in [-0.3, -0.25) is 0 Å². The largest absolute Gasteiger partial charge is 0.741 e. The van der Waals surface area contributed by atoms with Gasteiger partial charge in [0.05, 0.1) is 0 Å². The first kappa shape index (κ1) is 20.3. The number of aliphatic hydroxyl groups is 1. The molecule has 4 nitrogen and oxygen atoms in total. The van der Waals surface area contributed by atoms with Crippen LogP contribution >= 0.6 is 0 Å². The lowest BCUT2D eigenvalue weighted by Crippen LogP contribution is -2.36. The maximum atomic E-state index is 10.7. The van der Waals surface area contributed by atoms with E-state index in [4.69, 9.17) is 13.0 Å². The average Bonchev–Trinajstić information content (AvgIpc) is 2.46. The summed E-state index contributed by atoms with van der Waals surface area (Å²) in [6.07, 6.45) is 6.86. The monoisotopic (exact) mass is 372 g/mol. The normalized spacial score (nSPS) is 23.6. The molecule has 0 heterocycles. The topological polar surface area (TPSA) is 77.4 Å². The molecule has 1 aliphatic carbocycles. The number of benzene rings is 1. The molecule has 0 spiro atoms. The van der Waals surface area contributed by atoms with Crippen LogP contribution in [0.15, 0.2) is 35.2 Å². The molecule has 1 fully saturated rings. The van der Waals surface area contributed by atoms with Gasteiger partial charge in [0.15, 0.2) is 15.0 Å².